The zero-order valence-corrected chi connectivity index (χ0v) is 13.4. The van der Waals surface area contributed by atoms with Gasteiger partial charge in [-0.3, -0.25) is 4.79 Å². The van der Waals surface area contributed by atoms with Crippen LogP contribution in [0.25, 0.3) is 0 Å². The minimum atomic E-state index is -0.00361. The van der Waals surface area contributed by atoms with E-state index in [1.807, 2.05) is 22.4 Å². The largest absolute Gasteiger partial charge is 0.384 e. The standard InChI is InChI=1S/C16H23NO3S/c1-19-12-16-6-3-8-20-14(16)5-7-17(11-16)15(18)10-13-4-2-9-21-13/h2,4,9,14H,3,5-8,10-12H2,1H3. The van der Waals surface area contributed by atoms with Gasteiger partial charge < -0.3 is 14.4 Å². The monoisotopic (exact) mass is 309 g/mol. The Labute approximate surface area is 130 Å². The molecule has 116 valence electrons. The van der Waals surface area contributed by atoms with E-state index in [0.717, 1.165) is 43.8 Å². The number of fused-ring (bicyclic) bond motifs is 1. The summed E-state index contributed by atoms with van der Waals surface area (Å²) in [7, 11) is 1.74. The van der Waals surface area contributed by atoms with E-state index in [1.165, 1.54) is 0 Å². The smallest absolute Gasteiger partial charge is 0.227 e. The van der Waals surface area contributed by atoms with Crippen LogP contribution in [0.4, 0.5) is 0 Å². The lowest BCUT2D eigenvalue weighted by Crippen LogP contribution is -2.58. The fourth-order valence-corrected chi connectivity index (χ4v) is 4.37. The van der Waals surface area contributed by atoms with Crippen molar-refractivity contribution in [3.63, 3.8) is 0 Å². The van der Waals surface area contributed by atoms with Gasteiger partial charge >= 0.3 is 0 Å². The molecule has 5 heteroatoms. The summed E-state index contributed by atoms with van der Waals surface area (Å²) in [4.78, 5) is 15.7. The molecule has 2 unspecified atom stereocenters. The molecule has 3 rings (SSSR count). The predicted molar refractivity (Wildman–Crippen MR) is 82.5 cm³/mol. The van der Waals surface area contributed by atoms with E-state index in [-0.39, 0.29) is 17.4 Å². The van der Waals surface area contributed by atoms with Crippen LogP contribution in [-0.4, -0.2) is 50.3 Å². The second kappa shape index (κ2) is 6.46. The minimum absolute atomic E-state index is 0.00361. The number of ether oxygens (including phenoxy) is 2. The number of carbonyl (C=O) groups excluding carboxylic acids is 1. The van der Waals surface area contributed by atoms with Gasteiger partial charge in [-0.1, -0.05) is 6.07 Å². The van der Waals surface area contributed by atoms with Crippen molar-refractivity contribution < 1.29 is 14.3 Å². The quantitative estimate of drug-likeness (QED) is 0.857. The van der Waals surface area contributed by atoms with Crippen LogP contribution in [0, 0.1) is 5.41 Å². The number of hydrogen-bond acceptors (Lipinski definition) is 4. The Morgan fingerprint density at radius 1 is 1.62 bits per heavy atom. The summed E-state index contributed by atoms with van der Waals surface area (Å²) in [5.41, 5.74) is -0.00361. The lowest BCUT2D eigenvalue weighted by atomic mass is 9.73. The van der Waals surface area contributed by atoms with Gasteiger partial charge in [-0.25, -0.2) is 0 Å². The topological polar surface area (TPSA) is 38.8 Å². The van der Waals surface area contributed by atoms with Gasteiger partial charge in [-0.2, -0.15) is 0 Å². The molecule has 1 aromatic rings. The molecule has 0 radical (unpaired) electrons. The van der Waals surface area contributed by atoms with Crippen LogP contribution in [0.15, 0.2) is 17.5 Å². The average Bonchev–Trinajstić information content (AvgIpc) is 2.99. The van der Waals surface area contributed by atoms with Gasteiger partial charge in [-0.15, -0.1) is 11.3 Å². The first-order valence-electron chi connectivity index (χ1n) is 7.64. The Bertz CT molecular complexity index is 472. The zero-order chi connectivity index (χ0) is 14.7. The van der Waals surface area contributed by atoms with Crippen molar-refractivity contribution in [1.29, 1.82) is 0 Å². The third-order valence-corrected chi connectivity index (χ3v) is 5.55. The molecule has 0 N–H and O–H groups in total. The van der Waals surface area contributed by atoms with Crippen molar-refractivity contribution in [2.24, 2.45) is 5.41 Å². The molecule has 0 bridgehead atoms. The van der Waals surface area contributed by atoms with Crippen molar-refractivity contribution in [2.75, 3.05) is 33.4 Å². The molecular formula is C16H23NO3S. The molecule has 1 aromatic heterocycles. The maximum absolute atomic E-state index is 12.5. The summed E-state index contributed by atoms with van der Waals surface area (Å²) in [6, 6.07) is 4.03. The van der Waals surface area contributed by atoms with Crippen molar-refractivity contribution in [1.82, 2.24) is 4.90 Å². The molecule has 2 aliphatic rings. The van der Waals surface area contributed by atoms with Gasteiger partial charge in [0.2, 0.25) is 5.91 Å². The fraction of sp³-hybridized carbons (Fsp3) is 0.688. The molecule has 2 fully saturated rings. The van der Waals surface area contributed by atoms with Crippen molar-refractivity contribution in [3.8, 4) is 0 Å². The Kier molecular flexibility index (Phi) is 4.62. The van der Waals surface area contributed by atoms with Crippen LogP contribution in [0.2, 0.25) is 0 Å². The van der Waals surface area contributed by atoms with Gasteiger partial charge in [0.05, 0.1) is 19.1 Å². The number of nitrogens with zero attached hydrogens (tertiary/aromatic N) is 1. The number of amides is 1. The van der Waals surface area contributed by atoms with E-state index in [1.54, 1.807) is 18.4 Å². The van der Waals surface area contributed by atoms with Gasteiger partial charge in [0, 0.05) is 37.1 Å². The van der Waals surface area contributed by atoms with E-state index in [4.69, 9.17) is 9.47 Å². The molecule has 3 heterocycles. The Balaban J connectivity index is 1.69. The van der Waals surface area contributed by atoms with Crippen LogP contribution in [0.5, 0.6) is 0 Å². The number of piperidine rings is 1. The average molecular weight is 309 g/mol. The van der Waals surface area contributed by atoms with Gasteiger partial charge in [0.25, 0.3) is 0 Å². The summed E-state index contributed by atoms with van der Waals surface area (Å²) < 4.78 is 11.4. The summed E-state index contributed by atoms with van der Waals surface area (Å²) in [6.07, 6.45) is 3.85. The van der Waals surface area contributed by atoms with Crippen molar-refractivity contribution in [3.05, 3.63) is 22.4 Å². The van der Waals surface area contributed by atoms with E-state index in [2.05, 4.69) is 0 Å². The fourth-order valence-electron chi connectivity index (χ4n) is 3.68. The highest BCUT2D eigenvalue weighted by Crippen LogP contribution is 2.40. The Morgan fingerprint density at radius 3 is 3.29 bits per heavy atom. The maximum atomic E-state index is 12.5. The molecule has 0 spiro atoms. The van der Waals surface area contributed by atoms with E-state index in [9.17, 15) is 4.79 Å². The van der Waals surface area contributed by atoms with E-state index < -0.39 is 0 Å². The van der Waals surface area contributed by atoms with Crippen LogP contribution < -0.4 is 0 Å². The highest BCUT2D eigenvalue weighted by Gasteiger charge is 2.46. The first-order chi connectivity index (χ1) is 10.2. The number of likely N-dealkylation sites (tertiary alicyclic amines) is 1. The summed E-state index contributed by atoms with van der Waals surface area (Å²) >= 11 is 1.65. The van der Waals surface area contributed by atoms with Gasteiger partial charge in [-0.05, 0) is 30.7 Å². The second-order valence-corrected chi connectivity index (χ2v) is 7.15. The predicted octanol–water partition coefficient (Wildman–Crippen LogP) is 2.33. The number of methoxy groups -OCH3 is 1. The number of carbonyl (C=O) groups is 1. The zero-order valence-electron chi connectivity index (χ0n) is 12.5. The Morgan fingerprint density at radius 2 is 2.52 bits per heavy atom. The number of rotatable bonds is 4. The molecule has 0 saturated carbocycles. The maximum Gasteiger partial charge on any atom is 0.227 e. The van der Waals surface area contributed by atoms with E-state index >= 15 is 0 Å². The SMILES string of the molecule is COCC12CCCOC1CCN(C(=O)Cc1cccs1)C2. The normalized spacial score (nSPS) is 29.2. The summed E-state index contributed by atoms with van der Waals surface area (Å²) in [5, 5.41) is 2.02. The van der Waals surface area contributed by atoms with Crippen molar-refractivity contribution >= 4 is 17.2 Å². The summed E-state index contributed by atoms with van der Waals surface area (Å²) in [5.74, 6) is 0.233. The molecular weight excluding hydrogens is 286 g/mol. The Hall–Kier alpha value is -0.910. The van der Waals surface area contributed by atoms with Crippen LogP contribution in [-0.2, 0) is 20.7 Å². The molecule has 21 heavy (non-hydrogen) atoms. The number of thiophene rings is 1. The van der Waals surface area contributed by atoms with Crippen LogP contribution in [0.1, 0.15) is 24.1 Å². The third-order valence-electron chi connectivity index (χ3n) is 4.68. The molecule has 4 nitrogen and oxygen atoms in total. The third kappa shape index (κ3) is 3.15. The molecule has 2 aliphatic heterocycles. The van der Waals surface area contributed by atoms with Crippen LogP contribution >= 0.6 is 11.3 Å². The van der Waals surface area contributed by atoms with Crippen LogP contribution in [0.3, 0.4) is 0 Å². The molecule has 0 aliphatic carbocycles. The highest BCUT2D eigenvalue weighted by atomic mass is 32.1. The first-order valence-corrected chi connectivity index (χ1v) is 8.52. The van der Waals surface area contributed by atoms with Crippen molar-refractivity contribution in [2.45, 2.75) is 31.8 Å². The van der Waals surface area contributed by atoms with Gasteiger partial charge in [0.1, 0.15) is 0 Å². The molecule has 1 amide bonds. The second-order valence-electron chi connectivity index (χ2n) is 6.12. The first kappa shape index (κ1) is 15.0. The van der Waals surface area contributed by atoms with E-state index in [0.29, 0.717) is 13.0 Å². The molecule has 2 saturated heterocycles. The lowest BCUT2D eigenvalue weighted by molar-refractivity contribution is -0.161. The molecule has 0 aromatic carbocycles. The highest BCUT2D eigenvalue weighted by molar-refractivity contribution is 7.10. The lowest BCUT2D eigenvalue weighted by Gasteiger charge is -2.50. The van der Waals surface area contributed by atoms with Gasteiger partial charge in [0.15, 0.2) is 0 Å². The minimum Gasteiger partial charge on any atom is -0.384 e. The summed E-state index contributed by atoms with van der Waals surface area (Å²) in [6.45, 7) is 3.11. The molecule has 2 atom stereocenters. The number of hydrogen-bond donors (Lipinski definition) is 0.